The highest BCUT2D eigenvalue weighted by Gasteiger charge is 2.12. The molecule has 1 heterocycles. The van der Waals surface area contributed by atoms with E-state index >= 15 is 0 Å². The second kappa shape index (κ2) is 2.68. The lowest BCUT2D eigenvalue weighted by Gasteiger charge is -2.13. The zero-order chi connectivity index (χ0) is 8.55. The highest BCUT2D eigenvalue weighted by Crippen LogP contribution is 2.14. The summed E-state index contributed by atoms with van der Waals surface area (Å²) in [5.41, 5.74) is 7.89. The Kier molecular flexibility index (Phi) is 1.66. The minimum Gasteiger partial charge on any atom is -0.383 e. The van der Waals surface area contributed by atoms with Gasteiger partial charge in [-0.2, -0.15) is 0 Å². The van der Waals surface area contributed by atoms with Crippen LogP contribution in [0.3, 0.4) is 0 Å². The van der Waals surface area contributed by atoms with E-state index in [4.69, 9.17) is 18.0 Å². The van der Waals surface area contributed by atoms with Crippen molar-refractivity contribution in [2.45, 2.75) is 6.42 Å². The van der Waals surface area contributed by atoms with Crippen LogP contribution in [0, 0.1) is 0 Å². The Morgan fingerprint density at radius 2 is 2.08 bits per heavy atom. The van der Waals surface area contributed by atoms with Crippen LogP contribution < -0.4 is 5.73 Å². The average Bonchev–Trinajstić information content (AvgIpc) is 2.04. The van der Waals surface area contributed by atoms with Gasteiger partial charge in [0.25, 0.3) is 0 Å². The first-order chi connectivity index (χ1) is 5.77. The van der Waals surface area contributed by atoms with Crippen molar-refractivity contribution in [1.82, 2.24) is 0 Å². The van der Waals surface area contributed by atoms with E-state index in [1.165, 1.54) is 5.56 Å². The summed E-state index contributed by atoms with van der Waals surface area (Å²) >= 11 is 4.99. The topological polar surface area (TPSA) is 38.4 Å². The number of benzene rings is 1. The Morgan fingerprint density at radius 3 is 2.92 bits per heavy atom. The average molecular weight is 176 g/mol. The van der Waals surface area contributed by atoms with Gasteiger partial charge in [0.15, 0.2) is 0 Å². The lowest BCUT2D eigenvalue weighted by molar-refractivity contribution is 1.26. The van der Waals surface area contributed by atoms with Crippen LogP contribution in [0.5, 0.6) is 0 Å². The molecule has 1 aromatic carbocycles. The Balaban J connectivity index is 2.60. The fraction of sp³-hybridized carbons (Fsp3) is 0.111. The molecular formula is C9H8N2S. The number of rotatable bonds is 0. The molecule has 1 aromatic rings. The zero-order valence-electron chi connectivity index (χ0n) is 6.45. The summed E-state index contributed by atoms with van der Waals surface area (Å²) in [5, 5.41) is 0. The molecule has 0 spiro atoms. The van der Waals surface area contributed by atoms with Crippen molar-refractivity contribution in [3.05, 3.63) is 35.4 Å². The Morgan fingerprint density at radius 1 is 1.33 bits per heavy atom. The molecule has 1 aliphatic heterocycles. The van der Waals surface area contributed by atoms with E-state index in [9.17, 15) is 0 Å². The molecule has 0 aliphatic carbocycles. The van der Waals surface area contributed by atoms with Crippen molar-refractivity contribution in [2.75, 3.05) is 0 Å². The summed E-state index contributed by atoms with van der Waals surface area (Å²) in [6.07, 6.45) is 0.742. The second-order valence-electron chi connectivity index (χ2n) is 2.72. The summed E-state index contributed by atoms with van der Waals surface area (Å²) in [6.45, 7) is 0. The molecule has 2 N–H and O–H groups in total. The van der Waals surface area contributed by atoms with Crippen LogP contribution in [0.25, 0.3) is 0 Å². The van der Waals surface area contributed by atoms with Crippen molar-refractivity contribution < 1.29 is 0 Å². The number of nitrogens with zero attached hydrogens (tertiary/aromatic N) is 1. The van der Waals surface area contributed by atoms with Gasteiger partial charge in [-0.15, -0.1) is 0 Å². The van der Waals surface area contributed by atoms with Gasteiger partial charge in [0.2, 0.25) is 0 Å². The molecule has 12 heavy (non-hydrogen) atoms. The van der Waals surface area contributed by atoms with E-state index in [0.717, 1.165) is 12.0 Å². The van der Waals surface area contributed by atoms with Crippen LogP contribution in [0.4, 0.5) is 0 Å². The molecule has 0 aromatic heterocycles. The molecule has 0 unspecified atom stereocenters. The molecular weight excluding hydrogens is 168 g/mol. The van der Waals surface area contributed by atoms with E-state index in [2.05, 4.69) is 4.99 Å². The Labute approximate surface area is 76.1 Å². The normalized spacial score (nSPS) is 15.3. The van der Waals surface area contributed by atoms with Crippen LogP contribution in [0.15, 0.2) is 29.3 Å². The van der Waals surface area contributed by atoms with Crippen LogP contribution in [-0.2, 0) is 6.42 Å². The number of aliphatic imine (C=N–C) groups is 1. The van der Waals surface area contributed by atoms with Gasteiger partial charge in [-0.05, 0) is 5.56 Å². The number of hydrogen-bond donors (Lipinski definition) is 1. The van der Waals surface area contributed by atoms with Gasteiger partial charge >= 0.3 is 0 Å². The summed E-state index contributed by atoms with van der Waals surface area (Å²) in [4.78, 5) is 4.72. The molecule has 0 fully saturated rings. The SMILES string of the molecule is NC1=NC(=S)Cc2ccccc21. The molecule has 0 atom stereocenters. The molecule has 60 valence electrons. The van der Waals surface area contributed by atoms with E-state index in [1.54, 1.807) is 0 Å². The molecule has 0 saturated heterocycles. The van der Waals surface area contributed by atoms with E-state index in [0.29, 0.717) is 10.8 Å². The number of thiocarbonyl (C=S) groups is 1. The summed E-state index contributed by atoms with van der Waals surface area (Å²) in [6, 6.07) is 7.94. The number of nitrogens with two attached hydrogens (primary N) is 1. The van der Waals surface area contributed by atoms with Crippen molar-refractivity contribution in [3.8, 4) is 0 Å². The largest absolute Gasteiger partial charge is 0.383 e. The Hall–Kier alpha value is -1.22. The van der Waals surface area contributed by atoms with E-state index in [1.807, 2.05) is 24.3 Å². The maximum Gasteiger partial charge on any atom is 0.132 e. The lowest BCUT2D eigenvalue weighted by Crippen LogP contribution is -2.22. The highest BCUT2D eigenvalue weighted by atomic mass is 32.1. The van der Waals surface area contributed by atoms with Gasteiger partial charge in [-0.25, -0.2) is 4.99 Å². The number of amidine groups is 1. The van der Waals surface area contributed by atoms with Crippen LogP contribution in [0.2, 0.25) is 0 Å². The first-order valence-corrected chi connectivity index (χ1v) is 4.13. The van der Waals surface area contributed by atoms with E-state index in [-0.39, 0.29) is 0 Å². The highest BCUT2D eigenvalue weighted by molar-refractivity contribution is 7.80. The molecule has 2 rings (SSSR count). The molecule has 1 aliphatic rings. The fourth-order valence-corrected chi connectivity index (χ4v) is 1.58. The van der Waals surface area contributed by atoms with E-state index < -0.39 is 0 Å². The Bertz CT molecular complexity index is 369. The fourth-order valence-electron chi connectivity index (χ4n) is 1.32. The van der Waals surface area contributed by atoms with Crippen LogP contribution >= 0.6 is 12.2 Å². The zero-order valence-corrected chi connectivity index (χ0v) is 7.27. The molecule has 0 saturated carbocycles. The van der Waals surface area contributed by atoms with Gasteiger partial charge in [-0.3, -0.25) is 0 Å². The first kappa shape index (κ1) is 7.43. The predicted molar refractivity (Wildman–Crippen MR) is 53.5 cm³/mol. The van der Waals surface area contributed by atoms with Crippen LogP contribution in [-0.4, -0.2) is 10.8 Å². The maximum atomic E-state index is 5.70. The maximum absolute atomic E-state index is 5.70. The number of hydrogen-bond acceptors (Lipinski definition) is 2. The quantitative estimate of drug-likeness (QED) is 0.605. The smallest absolute Gasteiger partial charge is 0.132 e. The van der Waals surface area contributed by atoms with Crippen molar-refractivity contribution in [1.29, 1.82) is 0 Å². The van der Waals surface area contributed by atoms with Crippen molar-refractivity contribution in [2.24, 2.45) is 10.7 Å². The third-order valence-corrected chi connectivity index (χ3v) is 2.12. The van der Waals surface area contributed by atoms with Crippen molar-refractivity contribution in [3.63, 3.8) is 0 Å². The molecule has 0 radical (unpaired) electrons. The minimum atomic E-state index is 0.543. The standard InChI is InChI=1S/C9H8N2S/c10-9-7-4-2-1-3-6(7)5-8(12)11-9/h1-4H,5H2,(H2,10,11,12). The predicted octanol–water partition coefficient (Wildman–Crippen LogP) is 1.28. The lowest BCUT2D eigenvalue weighted by atomic mass is 10.0. The molecule has 0 amide bonds. The minimum absolute atomic E-state index is 0.543. The molecule has 2 nitrogen and oxygen atoms in total. The van der Waals surface area contributed by atoms with Gasteiger partial charge < -0.3 is 5.73 Å². The van der Waals surface area contributed by atoms with Gasteiger partial charge in [0.1, 0.15) is 10.8 Å². The summed E-state index contributed by atoms with van der Waals surface area (Å²) < 4.78 is 0. The van der Waals surface area contributed by atoms with Crippen molar-refractivity contribution >= 4 is 23.0 Å². The monoisotopic (exact) mass is 176 g/mol. The third kappa shape index (κ3) is 1.12. The molecule has 0 bridgehead atoms. The van der Waals surface area contributed by atoms with Gasteiger partial charge in [-0.1, -0.05) is 36.5 Å². The van der Waals surface area contributed by atoms with Gasteiger partial charge in [0, 0.05) is 12.0 Å². The number of fused-ring (bicyclic) bond motifs is 1. The molecule has 3 heteroatoms. The first-order valence-electron chi connectivity index (χ1n) is 3.72. The third-order valence-electron chi connectivity index (χ3n) is 1.88. The summed E-state index contributed by atoms with van der Waals surface area (Å²) in [5.74, 6) is 0.543. The van der Waals surface area contributed by atoms with Gasteiger partial charge in [0.05, 0.1) is 0 Å². The summed E-state index contributed by atoms with van der Waals surface area (Å²) in [7, 11) is 0. The second-order valence-corrected chi connectivity index (χ2v) is 3.20. The van der Waals surface area contributed by atoms with Crippen LogP contribution in [0.1, 0.15) is 11.1 Å².